The van der Waals surface area contributed by atoms with Crippen LogP contribution in [0.25, 0.3) is 0 Å². The molecule has 3 heteroatoms. The molecule has 112 valence electrons. The second-order valence-electron chi connectivity index (χ2n) is 5.36. The number of anilines is 1. The molecule has 0 unspecified atom stereocenters. The molecule has 0 spiro atoms. The molecule has 0 aliphatic carbocycles. The van der Waals surface area contributed by atoms with Crippen LogP contribution in [0.5, 0.6) is 0 Å². The van der Waals surface area contributed by atoms with Gasteiger partial charge in [-0.2, -0.15) is 0 Å². The van der Waals surface area contributed by atoms with Gasteiger partial charge in [0.2, 0.25) is 5.91 Å². The highest BCUT2D eigenvalue weighted by molar-refractivity contribution is 5.78. The lowest BCUT2D eigenvalue weighted by Gasteiger charge is -2.22. The molecule has 3 nitrogen and oxygen atoms in total. The first-order chi connectivity index (χ1) is 9.67. The number of amides is 1. The summed E-state index contributed by atoms with van der Waals surface area (Å²) in [6, 6.07) is 7.60. The molecule has 1 aromatic rings. The van der Waals surface area contributed by atoms with E-state index >= 15 is 0 Å². The first-order valence-electron chi connectivity index (χ1n) is 7.79. The van der Waals surface area contributed by atoms with Gasteiger partial charge in [-0.15, -0.1) is 0 Å². The minimum absolute atomic E-state index is 0.235. The zero-order chi connectivity index (χ0) is 14.8. The van der Waals surface area contributed by atoms with E-state index in [1.54, 1.807) is 0 Å². The molecule has 1 aromatic carbocycles. The lowest BCUT2D eigenvalue weighted by atomic mass is 10.1. The van der Waals surface area contributed by atoms with Crippen LogP contribution in [-0.2, 0) is 11.2 Å². The summed E-state index contributed by atoms with van der Waals surface area (Å²) in [6.45, 7) is 6.12. The van der Waals surface area contributed by atoms with Gasteiger partial charge in [0.25, 0.3) is 0 Å². The van der Waals surface area contributed by atoms with Crippen LogP contribution in [0.2, 0.25) is 0 Å². The fourth-order valence-electron chi connectivity index (χ4n) is 2.18. The van der Waals surface area contributed by atoms with Crippen molar-refractivity contribution < 1.29 is 4.79 Å². The van der Waals surface area contributed by atoms with E-state index in [0.717, 1.165) is 43.6 Å². The SMILES string of the molecule is CCCCCN(CCCC)C(=O)Cc1ccc(N)cc1. The molecule has 0 aromatic heterocycles. The smallest absolute Gasteiger partial charge is 0.226 e. The Bertz CT molecular complexity index is 386. The summed E-state index contributed by atoms with van der Waals surface area (Å²) < 4.78 is 0. The monoisotopic (exact) mass is 276 g/mol. The van der Waals surface area contributed by atoms with Crippen LogP contribution in [-0.4, -0.2) is 23.9 Å². The summed E-state index contributed by atoms with van der Waals surface area (Å²) in [5, 5.41) is 0. The van der Waals surface area contributed by atoms with Gasteiger partial charge in [0, 0.05) is 18.8 Å². The molecular weight excluding hydrogens is 248 g/mol. The lowest BCUT2D eigenvalue weighted by Crippen LogP contribution is -2.34. The molecule has 0 bridgehead atoms. The normalized spacial score (nSPS) is 10.5. The van der Waals surface area contributed by atoms with E-state index in [0.29, 0.717) is 6.42 Å². The number of hydrogen-bond donors (Lipinski definition) is 1. The Morgan fingerprint density at radius 1 is 1.00 bits per heavy atom. The third-order valence-electron chi connectivity index (χ3n) is 3.50. The lowest BCUT2D eigenvalue weighted by molar-refractivity contribution is -0.130. The first kappa shape index (κ1) is 16.5. The van der Waals surface area contributed by atoms with Crippen molar-refractivity contribution in [3.05, 3.63) is 29.8 Å². The maximum Gasteiger partial charge on any atom is 0.226 e. The second-order valence-corrected chi connectivity index (χ2v) is 5.36. The largest absolute Gasteiger partial charge is 0.399 e. The van der Waals surface area contributed by atoms with E-state index in [2.05, 4.69) is 13.8 Å². The fraction of sp³-hybridized carbons (Fsp3) is 0.588. The Hall–Kier alpha value is -1.51. The van der Waals surface area contributed by atoms with Crippen LogP contribution in [0, 0.1) is 0 Å². The number of unbranched alkanes of at least 4 members (excludes halogenated alkanes) is 3. The summed E-state index contributed by atoms with van der Waals surface area (Å²) in [4.78, 5) is 14.4. The predicted octanol–water partition coefficient (Wildman–Crippen LogP) is 3.63. The van der Waals surface area contributed by atoms with E-state index in [9.17, 15) is 4.79 Å². The van der Waals surface area contributed by atoms with Gasteiger partial charge >= 0.3 is 0 Å². The van der Waals surface area contributed by atoms with Gasteiger partial charge in [-0.05, 0) is 30.5 Å². The number of carbonyl (C=O) groups excluding carboxylic acids is 1. The van der Waals surface area contributed by atoms with Crippen LogP contribution in [0.1, 0.15) is 51.5 Å². The van der Waals surface area contributed by atoms with Crippen molar-refractivity contribution >= 4 is 11.6 Å². The molecular formula is C17H28N2O. The van der Waals surface area contributed by atoms with Gasteiger partial charge in [-0.1, -0.05) is 45.2 Å². The molecule has 0 saturated carbocycles. The van der Waals surface area contributed by atoms with Gasteiger partial charge in [0.1, 0.15) is 0 Å². The van der Waals surface area contributed by atoms with Crippen LogP contribution < -0.4 is 5.73 Å². The maximum atomic E-state index is 12.4. The van der Waals surface area contributed by atoms with Crippen LogP contribution in [0.3, 0.4) is 0 Å². The summed E-state index contributed by atoms with van der Waals surface area (Å²) in [5.74, 6) is 0.235. The molecule has 0 atom stereocenters. The Morgan fingerprint density at radius 3 is 2.20 bits per heavy atom. The van der Waals surface area contributed by atoms with Crippen molar-refractivity contribution in [2.24, 2.45) is 0 Å². The highest BCUT2D eigenvalue weighted by Gasteiger charge is 2.13. The number of nitrogen functional groups attached to an aromatic ring is 1. The molecule has 0 aliphatic rings. The first-order valence-corrected chi connectivity index (χ1v) is 7.79. The summed E-state index contributed by atoms with van der Waals surface area (Å²) in [6.07, 6.45) is 6.17. The topological polar surface area (TPSA) is 46.3 Å². The van der Waals surface area contributed by atoms with Crippen molar-refractivity contribution in [3.8, 4) is 0 Å². The second kappa shape index (κ2) is 9.40. The molecule has 0 heterocycles. The zero-order valence-electron chi connectivity index (χ0n) is 12.9. The molecule has 2 N–H and O–H groups in total. The van der Waals surface area contributed by atoms with E-state index in [1.807, 2.05) is 29.2 Å². The molecule has 0 saturated heterocycles. The average molecular weight is 276 g/mol. The highest BCUT2D eigenvalue weighted by Crippen LogP contribution is 2.09. The number of carbonyl (C=O) groups is 1. The fourth-order valence-corrected chi connectivity index (χ4v) is 2.18. The Labute approximate surface area is 123 Å². The minimum Gasteiger partial charge on any atom is -0.399 e. The summed E-state index contributed by atoms with van der Waals surface area (Å²) in [5.41, 5.74) is 7.45. The number of nitrogens with zero attached hydrogens (tertiary/aromatic N) is 1. The molecule has 1 rings (SSSR count). The molecule has 0 aliphatic heterocycles. The Balaban J connectivity index is 2.54. The van der Waals surface area contributed by atoms with Gasteiger partial charge in [-0.25, -0.2) is 0 Å². The molecule has 1 amide bonds. The Morgan fingerprint density at radius 2 is 1.60 bits per heavy atom. The van der Waals surface area contributed by atoms with Gasteiger partial charge < -0.3 is 10.6 Å². The zero-order valence-corrected chi connectivity index (χ0v) is 12.9. The van der Waals surface area contributed by atoms with Gasteiger partial charge in [-0.3, -0.25) is 4.79 Å². The van der Waals surface area contributed by atoms with Crippen LogP contribution in [0.4, 0.5) is 5.69 Å². The molecule has 0 fully saturated rings. The molecule has 20 heavy (non-hydrogen) atoms. The average Bonchev–Trinajstić information content (AvgIpc) is 2.45. The van der Waals surface area contributed by atoms with E-state index < -0.39 is 0 Å². The number of rotatable bonds is 9. The van der Waals surface area contributed by atoms with Crippen molar-refractivity contribution in [2.75, 3.05) is 18.8 Å². The van der Waals surface area contributed by atoms with E-state index in [1.165, 1.54) is 12.8 Å². The maximum absolute atomic E-state index is 12.4. The standard InChI is InChI=1S/C17H28N2O/c1-3-5-7-13-19(12-6-4-2)17(20)14-15-8-10-16(18)11-9-15/h8-11H,3-7,12-14,18H2,1-2H3. The third-order valence-corrected chi connectivity index (χ3v) is 3.50. The van der Waals surface area contributed by atoms with Crippen molar-refractivity contribution in [2.45, 2.75) is 52.4 Å². The van der Waals surface area contributed by atoms with Crippen LogP contribution >= 0.6 is 0 Å². The van der Waals surface area contributed by atoms with Crippen molar-refractivity contribution in [3.63, 3.8) is 0 Å². The summed E-state index contributed by atoms with van der Waals surface area (Å²) in [7, 11) is 0. The van der Waals surface area contributed by atoms with Crippen molar-refractivity contribution in [1.82, 2.24) is 4.90 Å². The van der Waals surface area contributed by atoms with Crippen molar-refractivity contribution in [1.29, 1.82) is 0 Å². The van der Waals surface area contributed by atoms with Gasteiger partial charge in [0.15, 0.2) is 0 Å². The van der Waals surface area contributed by atoms with E-state index in [4.69, 9.17) is 5.73 Å². The minimum atomic E-state index is 0.235. The van der Waals surface area contributed by atoms with Crippen LogP contribution in [0.15, 0.2) is 24.3 Å². The number of benzene rings is 1. The third kappa shape index (κ3) is 6.09. The number of nitrogens with two attached hydrogens (primary N) is 1. The highest BCUT2D eigenvalue weighted by atomic mass is 16.2. The quantitative estimate of drug-likeness (QED) is 0.553. The number of hydrogen-bond acceptors (Lipinski definition) is 2. The van der Waals surface area contributed by atoms with E-state index in [-0.39, 0.29) is 5.91 Å². The predicted molar refractivity (Wildman–Crippen MR) is 85.6 cm³/mol. The Kier molecular flexibility index (Phi) is 7.78. The van der Waals surface area contributed by atoms with Gasteiger partial charge in [0.05, 0.1) is 6.42 Å². The molecule has 0 radical (unpaired) electrons. The summed E-state index contributed by atoms with van der Waals surface area (Å²) >= 11 is 0.